The van der Waals surface area contributed by atoms with E-state index in [-0.39, 0.29) is 0 Å². The minimum absolute atomic E-state index is 0.608. The maximum absolute atomic E-state index is 3.91. The van der Waals surface area contributed by atoms with Crippen molar-refractivity contribution < 1.29 is 0 Å². The first-order chi connectivity index (χ1) is 9.81. The van der Waals surface area contributed by atoms with Crippen molar-refractivity contribution in [1.82, 2.24) is 16.0 Å². The van der Waals surface area contributed by atoms with Crippen molar-refractivity contribution in [1.29, 1.82) is 0 Å². The molecule has 0 aromatic rings. The first kappa shape index (κ1) is 13.5. The Balaban J connectivity index is 1.20. The zero-order chi connectivity index (χ0) is 13.5. The molecule has 0 amide bonds. The van der Waals surface area contributed by atoms with Crippen molar-refractivity contribution in [2.75, 3.05) is 7.05 Å². The SMILES string of the molecule is CNC1CC(CCC2NC3CCC(C4CC4)CC3N2)C1. The summed E-state index contributed by atoms with van der Waals surface area (Å²) in [5.41, 5.74) is 0. The largest absolute Gasteiger partial charge is 0.317 e. The van der Waals surface area contributed by atoms with Gasteiger partial charge in [0, 0.05) is 18.1 Å². The minimum Gasteiger partial charge on any atom is -0.317 e. The van der Waals surface area contributed by atoms with Crippen molar-refractivity contribution in [3.05, 3.63) is 0 Å². The maximum Gasteiger partial charge on any atom is 0.0577 e. The zero-order valence-electron chi connectivity index (χ0n) is 12.9. The summed E-state index contributed by atoms with van der Waals surface area (Å²) in [5.74, 6) is 3.13. The fourth-order valence-corrected chi connectivity index (χ4v) is 4.92. The number of hydrogen-bond donors (Lipinski definition) is 3. The molecule has 0 radical (unpaired) electrons. The molecule has 3 nitrogen and oxygen atoms in total. The van der Waals surface area contributed by atoms with Crippen LogP contribution in [-0.4, -0.2) is 31.3 Å². The van der Waals surface area contributed by atoms with E-state index in [0.29, 0.717) is 6.17 Å². The van der Waals surface area contributed by atoms with E-state index in [4.69, 9.17) is 0 Å². The van der Waals surface area contributed by atoms with Crippen LogP contribution in [0, 0.1) is 17.8 Å². The fourth-order valence-electron chi connectivity index (χ4n) is 4.92. The zero-order valence-corrected chi connectivity index (χ0v) is 12.9. The summed E-state index contributed by atoms with van der Waals surface area (Å²) in [6.07, 6.45) is 13.6. The average molecular weight is 277 g/mol. The van der Waals surface area contributed by atoms with Gasteiger partial charge in [-0.25, -0.2) is 0 Å². The van der Waals surface area contributed by atoms with Gasteiger partial charge >= 0.3 is 0 Å². The van der Waals surface area contributed by atoms with Crippen LogP contribution in [0.5, 0.6) is 0 Å². The number of hydrogen-bond acceptors (Lipinski definition) is 3. The molecule has 3 N–H and O–H groups in total. The summed E-state index contributed by atoms with van der Waals surface area (Å²) in [5, 5.41) is 11.2. The molecule has 4 unspecified atom stereocenters. The predicted octanol–water partition coefficient (Wildman–Crippen LogP) is 2.23. The lowest BCUT2D eigenvalue weighted by molar-refractivity contribution is 0.208. The highest BCUT2D eigenvalue weighted by atomic mass is 15.2. The maximum atomic E-state index is 3.91. The Morgan fingerprint density at radius 2 is 1.60 bits per heavy atom. The van der Waals surface area contributed by atoms with Crippen LogP contribution in [0.2, 0.25) is 0 Å². The van der Waals surface area contributed by atoms with Gasteiger partial charge in [-0.2, -0.15) is 0 Å². The molecule has 0 bridgehead atoms. The molecule has 3 saturated carbocycles. The van der Waals surface area contributed by atoms with E-state index in [0.717, 1.165) is 35.9 Å². The van der Waals surface area contributed by atoms with Crippen LogP contribution < -0.4 is 16.0 Å². The van der Waals surface area contributed by atoms with Gasteiger partial charge in [0.05, 0.1) is 6.17 Å². The van der Waals surface area contributed by atoms with E-state index >= 15 is 0 Å². The molecule has 4 aliphatic rings. The van der Waals surface area contributed by atoms with E-state index < -0.39 is 0 Å². The predicted molar refractivity (Wildman–Crippen MR) is 82.5 cm³/mol. The Hall–Kier alpha value is -0.120. The Bertz CT molecular complexity index is 335. The van der Waals surface area contributed by atoms with Crippen molar-refractivity contribution in [2.45, 2.75) is 82.1 Å². The second kappa shape index (κ2) is 5.58. The topological polar surface area (TPSA) is 36.1 Å². The molecule has 4 atom stereocenters. The normalized spacial score (nSPS) is 47.9. The highest BCUT2D eigenvalue weighted by Crippen LogP contribution is 2.44. The summed E-state index contributed by atoms with van der Waals surface area (Å²) in [6, 6.07) is 2.37. The molecule has 1 saturated heterocycles. The molecule has 4 fully saturated rings. The molecular weight excluding hydrogens is 246 g/mol. The van der Waals surface area contributed by atoms with Crippen LogP contribution in [-0.2, 0) is 0 Å². The summed E-state index contributed by atoms with van der Waals surface area (Å²) >= 11 is 0. The van der Waals surface area contributed by atoms with Gasteiger partial charge in [0.15, 0.2) is 0 Å². The van der Waals surface area contributed by atoms with Crippen LogP contribution in [0.3, 0.4) is 0 Å². The van der Waals surface area contributed by atoms with Crippen molar-refractivity contribution in [2.24, 2.45) is 17.8 Å². The summed E-state index contributed by atoms with van der Waals surface area (Å²) in [7, 11) is 2.10. The first-order valence-corrected chi connectivity index (χ1v) is 9.01. The molecule has 20 heavy (non-hydrogen) atoms. The number of nitrogens with one attached hydrogen (secondary N) is 3. The highest BCUT2D eigenvalue weighted by Gasteiger charge is 2.42. The third-order valence-corrected chi connectivity index (χ3v) is 6.52. The molecule has 0 aromatic heterocycles. The highest BCUT2D eigenvalue weighted by molar-refractivity contribution is 5.00. The number of rotatable bonds is 5. The summed E-state index contributed by atoms with van der Waals surface area (Å²) in [4.78, 5) is 0. The van der Waals surface area contributed by atoms with Gasteiger partial charge in [-0.05, 0) is 82.6 Å². The van der Waals surface area contributed by atoms with Crippen LogP contribution in [0.4, 0.5) is 0 Å². The molecular formula is C17H31N3. The van der Waals surface area contributed by atoms with Gasteiger partial charge in [-0.15, -0.1) is 0 Å². The van der Waals surface area contributed by atoms with E-state index in [9.17, 15) is 0 Å². The lowest BCUT2D eigenvalue weighted by Gasteiger charge is -2.35. The van der Waals surface area contributed by atoms with Crippen LogP contribution in [0.25, 0.3) is 0 Å². The summed E-state index contributed by atoms with van der Waals surface area (Å²) in [6.45, 7) is 0. The molecule has 3 aliphatic carbocycles. The van der Waals surface area contributed by atoms with Crippen molar-refractivity contribution in [3.8, 4) is 0 Å². The standard InChI is InChI=1S/C17H31N3/c1-18-14-8-11(9-14)2-7-17-19-15-6-5-13(12-3-4-12)10-16(15)20-17/h11-20H,2-10H2,1H3. The molecule has 1 heterocycles. The molecule has 1 aliphatic heterocycles. The van der Waals surface area contributed by atoms with Gasteiger partial charge in [0.25, 0.3) is 0 Å². The minimum atomic E-state index is 0.608. The molecule has 3 heteroatoms. The monoisotopic (exact) mass is 277 g/mol. The Morgan fingerprint density at radius 1 is 0.850 bits per heavy atom. The van der Waals surface area contributed by atoms with Crippen molar-refractivity contribution >= 4 is 0 Å². The van der Waals surface area contributed by atoms with E-state index in [2.05, 4.69) is 23.0 Å². The molecule has 4 rings (SSSR count). The van der Waals surface area contributed by atoms with Crippen molar-refractivity contribution in [3.63, 3.8) is 0 Å². The third kappa shape index (κ3) is 2.77. The smallest absolute Gasteiger partial charge is 0.0577 e. The van der Waals surface area contributed by atoms with Gasteiger partial charge in [0.1, 0.15) is 0 Å². The second-order valence-electron chi connectivity index (χ2n) is 7.91. The van der Waals surface area contributed by atoms with E-state index in [1.54, 1.807) is 0 Å². The molecule has 0 spiro atoms. The van der Waals surface area contributed by atoms with Crippen LogP contribution >= 0.6 is 0 Å². The van der Waals surface area contributed by atoms with Crippen LogP contribution in [0.15, 0.2) is 0 Å². The Labute approximate surface area is 123 Å². The Kier molecular flexibility index (Phi) is 3.78. The first-order valence-electron chi connectivity index (χ1n) is 9.01. The van der Waals surface area contributed by atoms with Gasteiger partial charge in [0.2, 0.25) is 0 Å². The lowest BCUT2D eigenvalue weighted by atomic mass is 9.77. The fraction of sp³-hybridized carbons (Fsp3) is 1.00. The third-order valence-electron chi connectivity index (χ3n) is 6.52. The van der Waals surface area contributed by atoms with Crippen LogP contribution in [0.1, 0.15) is 57.8 Å². The average Bonchev–Trinajstić information content (AvgIpc) is 3.17. The number of fused-ring (bicyclic) bond motifs is 1. The molecule has 0 aromatic carbocycles. The van der Waals surface area contributed by atoms with Gasteiger partial charge in [-0.1, -0.05) is 0 Å². The van der Waals surface area contributed by atoms with Gasteiger partial charge in [-0.3, -0.25) is 10.6 Å². The Morgan fingerprint density at radius 3 is 2.35 bits per heavy atom. The lowest BCUT2D eigenvalue weighted by Crippen LogP contribution is -2.40. The van der Waals surface area contributed by atoms with E-state index in [1.807, 2.05) is 0 Å². The van der Waals surface area contributed by atoms with E-state index in [1.165, 1.54) is 57.8 Å². The second-order valence-corrected chi connectivity index (χ2v) is 7.91. The summed E-state index contributed by atoms with van der Waals surface area (Å²) < 4.78 is 0. The quantitative estimate of drug-likeness (QED) is 0.721. The van der Waals surface area contributed by atoms with Gasteiger partial charge < -0.3 is 5.32 Å². The molecule has 114 valence electrons.